The second-order valence-electron chi connectivity index (χ2n) is 5.08. The monoisotopic (exact) mass is 285 g/mol. The smallest absolute Gasteiger partial charge is 0.186 e. The maximum Gasteiger partial charge on any atom is 0.186 e. The summed E-state index contributed by atoms with van der Waals surface area (Å²) in [4.78, 5) is 8.51. The number of thiazole rings is 1. The summed E-state index contributed by atoms with van der Waals surface area (Å²) < 4.78 is 5.26. The van der Waals surface area contributed by atoms with Gasteiger partial charge in [-0.25, -0.2) is 4.98 Å². The minimum Gasteiger partial charge on any atom is -0.383 e. The Morgan fingerprint density at radius 2 is 2.05 bits per heavy atom. The highest BCUT2D eigenvalue weighted by atomic mass is 32.1. The van der Waals surface area contributed by atoms with Gasteiger partial charge in [-0.2, -0.15) is 0 Å². The topological polar surface area (TPSA) is 37.4 Å². The Bertz CT molecular complexity index is 379. The average molecular weight is 285 g/mol. The zero-order valence-electron chi connectivity index (χ0n) is 13.0. The van der Waals surface area contributed by atoms with Gasteiger partial charge in [0.05, 0.1) is 18.3 Å². The lowest BCUT2D eigenvalue weighted by atomic mass is 10.1. The SMILES string of the molecule is CCN(c1nc(C(C)C)c(CNC)s1)C(C)COC. The summed E-state index contributed by atoms with van der Waals surface area (Å²) in [6.45, 7) is 11.3. The van der Waals surface area contributed by atoms with Crippen LogP contribution in [0.2, 0.25) is 0 Å². The molecule has 0 fully saturated rings. The lowest BCUT2D eigenvalue weighted by Gasteiger charge is -2.26. The van der Waals surface area contributed by atoms with Crippen molar-refractivity contribution in [2.45, 2.75) is 46.2 Å². The summed E-state index contributed by atoms with van der Waals surface area (Å²) in [6.07, 6.45) is 0. The summed E-state index contributed by atoms with van der Waals surface area (Å²) in [5.41, 5.74) is 1.22. The second kappa shape index (κ2) is 7.82. The maximum atomic E-state index is 5.26. The van der Waals surface area contributed by atoms with Crippen LogP contribution < -0.4 is 10.2 Å². The molecule has 0 saturated carbocycles. The minimum absolute atomic E-state index is 0.351. The van der Waals surface area contributed by atoms with E-state index in [4.69, 9.17) is 9.72 Å². The molecule has 0 bridgehead atoms. The largest absolute Gasteiger partial charge is 0.383 e. The third-order valence-corrected chi connectivity index (χ3v) is 4.24. The molecule has 1 atom stereocenters. The van der Waals surface area contributed by atoms with Gasteiger partial charge < -0.3 is 15.0 Å². The standard InChI is InChI=1S/C14H27N3OS/c1-7-17(11(4)9-18-6)14-16-13(10(2)3)12(19-14)8-15-5/h10-11,15H,7-9H2,1-6H3. The number of likely N-dealkylation sites (N-methyl/N-ethyl adjacent to an activating group) is 1. The normalized spacial score (nSPS) is 13.0. The molecule has 1 heterocycles. The summed E-state index contributed by atoms with van der Waals surface area (Å²) in [7, 11) is 3.73. The molecule has 0 aliphatic heterocycles. The molecule has 4 nitrogen and oxygen atoms in total. The van der Waals surface area contributed by atoms with Crippen molar-refractivity contribution in [3.63, 3.8) is 0 Å². The van der Waals surface area contributed by atoms with Gasteiger partial charge in [0.25, 0.3) is 0 Å². The number of hydrogen-bond donors (Lipinski definition) is 1. The van der Waals surface area contributed by atoms with Crippen LogP contribution in [0.15, 0.2) is 0 Å². The van der Waals surface area contributed by atoms with Gasteiger partial charge in [-0.1, -0.05) is 13.8 Å². The van der Waals surface area contributed by atoms with E-state index in [1.807, 2.05) is 7.05 Å². The third kappa shape index (κ3) is 4.16. The van der Waals surface area contributed by atoms with Crippen LogP contribution in [0.25, 0.3) is 0 Å². The molecule has 0 aliphatic rings. The van der Waals surface area contributed by atoms with Gasteiger partial charge in [-0.3, -0.25) is 0 Å². The second-order valence-corrected chi connectivity index (χ2v) is 6.14. The number of anilines is 1. The highest BCUT2D eigenvalue weighted by Crippen LogP contribution is 2.31. The first kappa shape index (κ1) is 16.4. The molecule has 1 unspecified atom stereocenters. The molecule has 0 aromatic carbocycles. The van der Waals surface area contributed by atoms with Crippen molar-refractivity contribution in [1.29, 1.82) is 0 Å². The van der Waals surface area contributed by atoms with Crippen LogP contribution in [0, 0.1) is 0 Å². The average Bonchev–Trinajstić information content (AvgIpc) is 2.75. The fourth-order valence-corrected chi connectivity index (χ4v) is 3.57. The highest BCUT2D eigenvalue weighted by Gasteiger charge is 2.20. The molecule has 1 N–H and O–H groups in total. The number of methoxy groups -OCH3 is 1. The molecule has 1 rings (SSSR count). The van der Waals surface area contributed by atoms with E-state index in [0.717, 1.165) is 24.8 Å². The number of nitrogens with one attached hydrogen (secondary N) is 1. The van der Waals surface area contributed by atoms with Gasteiger partial charge >= 0.3 is 0 Å². The van der Waals surface area contributed by atoms with Crippen LogP contribution in [-0.2, 0) is 11.3 Å². The number of aromatic nitrogens is 1. The predicted molar refractivity (Wildman–Crippen MR) is 83.3 cm³/mol. The molecule has 1 aromatic rings. The summed E-state index contributed by atoms with van der Waals surface area (Å²) in [6, 6.07) is 0.351. The maximum absolute atomic E-state index is 5.26. The zero-order valence-corrected chi connectivity index (χ0v) is 13.8. The van der Waals surface area contributed by atoms with Crippen LogP contribution in [0.5, 0.6) is 0 Å². The van der Waals surface area contributed by atoms with Crippen molar-refractivity contribution >= 4 is 16.5 Å². The molecule has 0 amide bonds. The Hall–Kier alpha value is -0.650. The minimum atomic E-state index is 0.351. The van der Waals surface area contributed by atoms with Crippen molar-refractivity contribution in [2.24, 2.45) is 0 Å². The molecule has 5 heteroatoms. The van der Waals surface area contributed by atoms with E-state index in [-0.39, 0.29) is 0 Å². The van der Waals surface area contributed by atoms with Crippen LogP contribution in [0.3, 0.4) is 0 Å². The fraction of sp³-hybridized carbons (Fsp3) is 0.786. The van der Waals surface area contributed by atoms with Gasteiger partial charge in [0.1, 0.15) is 0 Å². The highest BCUT2D eigenvalue weighted by molar-refractivity contribution is 7.15. The summed E-state index contributed by atoms with van der Waals surface area (Å²) in [5, 5.41) is 4.34. The van der Waals surface area contributed by atoms with E-state index in [1.54, 1.807) is 18.4 Å². The van der Waals surface area contributed by atoms with E-state index < -0.39 is 0 Å². The predicted octanol–water partition coefficient (Wildman–Crippen LogP) is 2.85. The molecule has 0 aliphatic carbocycles. The molecule has 0 saturated heterocycles. The van der Waals surface area contributed by atoms with Gasteiger partial charge in [0.15, 0.2) is 5.13 Å². The van der Waals surface area contributed by atoms with Crippen LogP contribution in [0.4, 0.5) is 5.13 Å². The van der Waals surface area contributed by atoms with E-state index >= 15 is 0 Å². The first-order valence-corrected chi connectivity index (χ1v) is 7.76. The molecular weight excluding hydrogens is 258 g/mol. The Kier molecular flexibility index (Phi) is 6.75. The van der Waals surface area contributed by atoms with Gasteiger partial charge in [-0.05, 0) is 26.8 Å². The van der Waals surface area contributed by atoms with Crippen LogP contribution in [0.1, 0.15) is 44.2 Å². The Balaban J connectivity index is 3.00. The van der Waals surface area contributed by atoms with Gasteiger partial charge in [-0.15, -0.1) is 11.3 Å². The van der Waals surface area contributed by atoms with E-state index in [2.05, 4.69) is 37.9 Å². The molecule has 0 radical (unpaired) electrons. The van der Waals surface area contributed by atoms with E-state index in [9.17, 15) is 0 Å². The quantitative estimate of drug-likeness (QED) is 0.797. The number of hydrogen-bond acceptors (Lipinski definition) is 5. The fourth-order valence-electron chi connectivity index (χ4n) is 2.18. The summed E-state index contributed by atoms with van der Waals surface area (Å²) >= 11 is 1.80. The summed E-state index contributed by atoms with van der Waals surface area (Å²) in [5.74, 6) is 0.463. The van der Waals surface area contributed by atoms with Crippen molar-refractivity contribution in [1.82, 2.24) is 10.3 Å². The van der Waals surface area contributed by atoms with Crippen molar-refractivity contribution in [3.05, 3.63) is 10.6 Å². The molecule has 1 aromatic heterocycles. The van der Waals surface area contributed by atoms with Crippen molar-refractivity contribution in [2.75, 3.05) is 32.2 Å². The molecule has 19 heavy (non-hydrogen) atoms. The first-order valence-electron chi connectivity index (χ1n) is 6.94. The van der Waals surface area contributed by atoms with E-state index in [1.165, 1.54) is 10.6 Å². The Morgan fingerprint density at radius 3 is 2.53 bits per heavy atom. The molecule has 0 spiro atoms. The Labute approximate surface area is 121 Å². The zero-order chi connectivity index (χ0) is 14.4. The molecule has 110 valence electrons. The van der Waals surface area contributed by atoms with Gasteiger partial charge in [0, 0.05) is 25.1 Å². The number of nitrogens with zero attached hydrogens (tertiary/aromatic N) is 2. The van der Waals surface area contributed by atoms with Crippen LogP contribution in [-0.4, -0.2) is 38.3 Å². The van der Waals surface area contributed by atoms with Gasteiger partial charge in [0.2, 0.25) is 0 Å². The number of ether oxygens (including phenoxy) is 1. The lowest BCUT2D eigenvalue weighted by Crippen LogP contribution is -2.36. The molecular formula is C14H27N3OS. The van der Waals surface area contributed by atoms with Crippen LogP contribution >= 0.6 is 11.3 Å². The third-order valence-electron chi connectivity index (χ3n) is 3.13. The van der Waals surface area contributed by atoms with Crippen molar-refractivity contribution < 1.29 is 4.74 Å². The van der Waals surface area contributed by atoms with Crippen molar-refractivity contribution in [3.8, 4) is 0 Å². The first-order chi connectivity index (χ1) is 9.04. The number of rotatable bonds is 8. The lowest BCUT2D eigenvalue weighted by molar-refractivity contribution is 0.182. The van der Waals surface area contributed by atoms with E-state index in [0.29, 0.717) is 12.0 Å². The Morgan fingerprint density at radius 1 is 1.37 bits per heavy atom.